The topological polar surface area (TPSA) is 64.5 Å². The molecule has 0 fully saturated rings. The van der Waals surface area contributed by atoms with Gasteiger partial charge in [-0.25, -0.2) is 9.37 Å². The molecule has 0 saturated heterocycles. The van der Waals surface area contributed by atoms with Crippen LogP contribution in [0.5, 0.6) is 0 Å². The van der Waals surface area contributed by atoms with Crippen LogP contribution in [0.15, 0.2) is 42.5 Å². The van der Waals surface area contributed by atoms with E-state index in [9.17, 15) is 4.39 Å². The number of hydrogen-bond donors (Lipinski definition) is 2. The molecule has 2 N–H and O–H groups in total. The largest absolute Gasteiger partial charge is 0.352 e. The monoisotopic (exact) mass is 266 g/mol. The van der Waals surface area contributed by atoms with Crippen molar-refractivity contribution < 1.29 is 4.39 Å². The van der Waals surface area contributed by atoms with E-state index in [2.05, 4.69) is 21.4 Å². The Morgan fingerprint density at radius 2 is 2.00 bits per heavy atom. The minimum atomic E-state index is -0.292. The van der Waals surface area contributed by atoms with Gasteiger partial charge in [0.05, 0.1) is 22.7 Å². The molecule has 4 nitrogen and oxygen atoms in total. The summed E-state index contributed by atoms with van der Waals surface area (Å²) >= 11 is 0. The zero-order valence-electron chi connectivity index (χ0n) is 10.5. The lowest BCUT2D eigenvalue weighted by Gasteiger charge is -2.02. The van der Waals surface area contributed by atoms with Crippen LogP contribution in [-0.2, 0) is 6.54 Å². The SMILES string of the molecule is N#Cc1ccc(CNc2nc3ccc(F)cc3[nH]2)cc1. The molecular weight excluding hydrogens is 255 g/mol. The van der Waals surface area contributed by atoms with Crippen LogP contribution in [0.25, 0.3) is 11.0 Å². The first-order valence-corrected chi connectivity index (χ1v) is 6.13. The fourth-order valence-electron chi connectivity index (χ4n) is 1.95. The number of hydrogen-bond acceptors (Lipinski definition) is 3. The lowest BCUT2D eigenvalue weighted by molar-refractivity contribution is 0.629. The Kier molecular flexibility index (Phi) is 3.05. The first-order chi connectivity index (χ1) is 9.74. The Bertz CT molecular complexity index is 784. The van der Waals surface area contributed by atoms with E-state index in [0.717, 1.165) is 5.56 Å². The molecule has 2 aromatic carbocycles. The maximum absolute atomic E-state index is 13.1. The van der Waals surface area contributed by atoms with Gasteiger partial charge in [-0.05, 0) is 35.9 Å². The Balaban J connectivity index is 1.74. The molecule has 0 aliphatic heterocycles. The summed E-state index contributed by atoms with van der Waals surface area (Å²) < 4.78 is 13.1. The zero-order valence-corrected chi connectivity index (χ0v) is 10.5. The molecule has 98 valence electrons. The van der Waals surface area contributed by atoms with Crippen molar-refractivity contribution in [3.05, 3.63) is 59.4 Å². The van der Waals surface area contributed by atoms with Crippen molar-refractivity contribution in [3.8, 4) is 6.07 Å². The van der Waals surface area contributed by atoms with Gasteiger partial charge in [0.2, 0.25) is 5.95 Å². The van der Waals surface area contributed by atoms with Crippen molar-refractivity contribution in [1.82, 2.24) is 9.97 Å². The summed E-state index contributed by atoms with van der Waals surface area (Å²) in [7, 11) is 0. The molecule has 1 aromatic heterocycles. The summed E-state index contributed by atoms with van der Waals surface area (Å²) in [5.74, 6) is 0.301. The Morgan fingerprint density at radius 1 is 1.20 bits per heavy atom. The minimum absolute atomic E-state index is 0.292. The van der Waals surface area contributed by atoms with Gasteiger partial charge in [-0.3, -0.25) is 0 Å². The Labute approximate surface area is 114 Å². The van der Waals surface area contributed by atoms with E-state index in [1.165, 1.54) is 12.1 Å². The highest BCUT2D eigenvalue weighted by Gasteiger charge is 2.03. The number of halogens is 1. The van der Waals surface area contributed by atoms with Gasteiger partial charge >= 0.3 is 0 Å². The molecule has 0 amide bonds. The van der Waals surface area contributed by atoms with Gasteiger partial charge in [-0.1, -0.05) is 12.1 Å². The fourth-order valence-corrected chi connectivity index (χ4v) is 1.95. The number of nitriles is 1. The van der Waals surface area contributed by atoms with E-state index < -0.39 is 0 Å². The van der Waals surface area contributed by atoms with Crippen molar-refractivity contribution in [2.24, 2.45) is 0 Å². The van der Waals surface area contributed by atoms with Crippen molar-refractivity contribution in [2.45, 2.75) is 6.54 Å². The molecule has 0 unspecified atom stereocenters. The number of rotatable bonds is 3. The summed E-state index contributed by atoms with van der Waals surface area (Å²) in [5, 5.41) is 11.9. The molecular formula is C15H11FN4. The predicted molar refractivity (Wildman–Crippen MR) is 74.5 cm³/mol. The van der Waals surface area contributed by atoms with E-state index in [1.807, 2.05) is 12.1 Å². The Hall–Kier alpha value is -2.87. The van der Waals surface area contributed by atoms with Gasteiger partial charge in [-0.2, -0.15) is 5.26 Å². The predicted octanol–water partition coefficient (Wildman–Crippen LogP) is 3.19. The van der Waals surface area contributed by atoms with Crippen molar-refractivity contribution in [1.29, 1.82) is 5.26 Å². The minimum Gasteiger partial charge on any atom is -0.352 e. The quantitative estimate of drug-likeness (QED) is 0.765. The summed E-state index contributed by atoms with van der Waals surface area (Å²) in [5.41, 5.74) is 3.05. The second kappa shape index (κ2) is 5.02. The van der Waals surface area contributed by atoms with E-state index in [0.29, 0.717) is 29.1 Å². The second-order valence-electron chi connectivity index (χ2n) is 4.41. The highest BCUT2D eigenvalue weighted by molar-refractivity contribution is 5.77. The molecule has 1 heterocycles. The van der Waals surface area contributed by atoms with Crippen LogP contribution in [0.2, 0.25) is 0 Å². The number of imidazole rings is 1. The van der Waals surface area contributed by atoms with Crippen molar-refractivity contribution in [2.75, 3.05) is 5.32 Å². The molecule has 0 aliphatic rings. The van der Waals surface area contributed by atoms with Gasteiger partial charge < -0.3 is 10.3 Å². The number of benzene rings is 2. The molecule has 0 atom stereocenters. The van der Waals surface area contributed by atoms with Gasteiger partial charge in [0.1, 0.15) is 5.82 Å². The van der Waals surface area contributed by atoms with Gasteiger partial charge in [0.15, 0.2) is 0 Å². The third kappa shape index (κ3) is 2.45. The van der Waals surface area contributed by atoms with Gasteiger partial charge in [-0.15, -0.1) is 0 Å². The average molecular weight is 266 g/mol. The summed E-state index contributed by atoms with van der Waals surface area (Å²) in [6, 6.07) is 13.8. The molecule has 20 heavy (non-hydrogen) atoms. The van der Waals surface area contributed by atoms with E-state index in [-0.39, 0.29) is 5.82 Å². The van der Waals surface area contributed by atoms with E-state index in [4.69, 9.17) is 5.26 Å². The van der Waals surface area contributed by atoms with E-state index >= 15 is 0 Å². The zero-order chi connectivity index (χ0) is 13.9. The number of anilines is 1. The molecule has 0 spiro atoms. The normalized spacial score (nSPS) is 10.4. The molecule has 0 saturated carbocycles. The Morgan fingerprint density at radius 3 is 2.75 bits per heavy atom. The number of fused-ring (bicyclic) bond motifs is 1. The fraction of sp³-hybridized carbons (Fsp3) is 0.0667. The lowest BCUT2D eigenvalue weighted by Crippen LogP contribution is -2.00. The van der Waals surface area contributed by atoms with Crippen LogP contribution < -0.4 is 5.32 Å². The summed E-state index contributed by atoms with van der Waals surface area (Å²) in [6.45, 7) is 0.577. The maximum atomic E-state index is 13.1. The molecule has 0 aliphatic carbocycles. The highest BCUT2D eigenvalue weighted by atomic mass is 19.1. The maximum Gasteiger partial charge on any atom is 0.201 e. The summed E-state index contributed by atoms with van der Waals surface area (Å²) in [6.07, 6.45) is 0. The van der Waals surface area contributed by atoms with Gasteiger partial charge in [0, 0.05) is 6.54 Å². The van der Waals surface area contributed by atoms with Crippen molar-refractivity contribution >= 4 is 17.0 Å². The smallest absolute Gasteiger partial charge is 0.201 e. The molecule has 5 heteroatoms. The standard InChI is InChI=1S/C15H11FN4/c16-12-5-6-13-14(7-12)20-15(19-13)18-9-11-3-1-10(8-17)2-4-11/h1-7H,9H2,(H2,18,19,20). The lowest BCUT2D eigenvalue weighted by atomic mass is 10.1. The highest BCUT2D eigenvalue weighted by Crippen LogP contribution is 2.16. The molecule has 0 bridgehead atoms. The van der Waals surface area contributed by atoms with Crippen LogP contribution in [0.4, 0.5) is 10.3 Å². The van der Waals surface area contributed by atoms with Crippen LogP contribution in [-0.4, -0.2) is 9.97 Å². The van der Waals surface area contributed by atoms with Gasteiger partial charge in [0.25, 0.3) is 0 Å². The number of nitrogens with zero attached hydrogens (tertiary/aromatic N) is 2. The van der Waals surface area contributed by atoms with Crippen molar-refractivity contribution in [3.63, 3.8) is 0 Å². The third-order valence-electron chi connectivity index (χ3n) is 2.99. The molecule has 0 radical (unpaired) electrons. The summed E-state index contributed by atoms with van der Waals surface area (Å²) in [4.78, 5) is 7.33. The van der Waals surface area contributed by atoms with Crippen LogP contribution in [0, 0.1) is 17.1 Å². The third-order valence-corrected chi connectivity index (χ3v) is 2.99. The molecule has 3 rings (SSSR count). The van der Waals surface area contributed by atoms with Crippen LogP contribution >= 0.6 is 0 Å². The van der Waals surface area contributed by atoms with Crippen LogP contribution in [0.3, 0.4) is 0 Å². The van der Waals surface area contributed by atoms with E-state index in [1.54, 1.807) is 18.2 Å². The number of aromatic amines is 1. The average Bonchev–Trinajstić information content (AvgIpc) is 2.87. The number of aromatic nitrogens is 2. The second-order valence-corrected chi connectivity index (χ2v) is 4.41. The number of nitrogens with one attached hydrogen (secondary N) is 2. The first kappa shape index (κ1) is 12.2. The first-order valence-electron chi connectivity index (χ1n) is 6.13. The molecule has 3 aromatic rings. The van der Waals surface area contributed by atoms with Crippen LogP contribution in [0.1, 0.15) is 11.1 Å². The number of H-pyrrole nitrogens is 1.